The van der Waals surface area contributed by atoms with Crippen LogP contribution in [0, 0.1) is 0 Å². The van der Waals surface area contributed by atoms with Crippen molar-refractivity contribution in [1.82, 2.24) is 5.32 Å². The van der Waals surface area contributed by atoms with Crippen LogP contribution in [-0.2, 0) is 0 Å². The van der Waals surface area contributed by atoms with Gasteiger partial charge in [0.25, 0.3) is 0 Å². The average molecular weight is 161 g/mol. The molecule has 0 atom stereocenters. The lowest BCUT2D eigenvalue weighted by atomic mass is 10.0. The van der Waals surface area contributed by atoms with Gasteiger partial charge < -0.3 is 5.32 Å². The Morgan fingerprint density at radius 3 is 2.75 bits per heavy atom. The van der Waals surface area contributed by atoms with E-state index in [0.717, 1.165) is 19.5 Å². The van der Waals surface area contributed by atoms with Gasteiger partial charge in [-0.3, -0.25) is 0 Å². The SMILES string of the molecule is C=C/C=C\C1=C(C=C)CNCC1. The van der Waals surface area contributed by atoms with Crippen molar-refractivity contribution in [1.29, 1.82) is 0 Å². The van der Waals surface area contributed by atoms with E-state index in [1.165, 1.54) is 11.1 Å². The van der Waals surface area contributed by atoms with Crippen LogP contribution >= 0.6 is 0 Å². The highest BCUT2D eigenvalue weighted by molar-refractivity contribution is 5.36. The normalized spacial score (nSPS) is 18.3. The minimum atomic E-state index is 0.945. The van der Waals surface area contributed by atoms with Crippen molar-refractivity contribution < 1.29 is 0 Å². The topological polar surface area (TPSA) is 12.0 Å². The summed E-state index contributed by atoms with van der Waals surface area (Å²) in [6.45, 7) is 9.44. The molecule has 0 unspecified atom stereocenters. The van der Waals surface area contributed by atoms with E-state index in [-0.39, 0.29) is 0 Å². The molecule has 0 saturated carbocycles. The van der Waals surface area contributed by atoms with E-state index in [0.29, 0.717) is 0 Å². The van der Waals surface area contributed by atoms with E-state index in [1.54, 1.807) is 6.08 Å². The van der Waals surface area contributed by atoms with E-state index in [9.17, 15) is 0 Å². The van der Waals surface area contributed by atoms with Crippen LogP contribution in [-0.4, -0.2) is 13.1 Å². The standard InChI is InChI=1S/C11H15N/c1-3-5-6-11-7-8-12-9-10(11)4-2/h3-6,12H,1-2,7-9H2/b6-5-. The Hall–Kier alpha value is -1.08. The molecule has 0 fully saturated rings. The van der Waals surface area contributed by atoms with Gasteiger partial charge in [0.2, 0.25) is 0 Å². The van der Waals surface area contributed by atoms with E-state index in [2.05, 4.69) is 24.6 Å². The van der Waals surface area contributed by atoms with E-state index < -0.39 is 0 Å². The third kappa shape index (κ3) is 2.21. The first-order valence-electron chi connectivity index (χ1n) is 4.22. The molecule has 1 aliphatic heterocycles. The summed E-state index contributed by atoms with van der Waals surface area (Å²) < 4.78 is 0. The van der Waals surface area contributed by atoms with Gasteiger partial charge in [-0.15, -0.1) is 0 Å². The Balaban J connectivity index is 2.79. The van der Waals surface area contributed by atoms with Crippen molar-refractivity contribution in [2.75, 3.05) is 13.1 Å². The number of rotatable bonds is 3. The zero-order chi connectivity index (χ0) is 8.81. The fraction of sp³-hybridized carbons (Fsp3) is 0.273. The summed E-state index contributed by atoms with van der Waals surface area (Å²) in [5, 5.41) is 3.30. The predicted molar refractivity (Wildman–Crippen MR) is 54.0 cm³/mol. The van der Waals surface area contributed by atoms with Crippen LogP contribution in [0.3, 0.4) is 0 Å². The first-order valence-corrected chi connectivity index (χ1v) is 4.22. The number of hydrogen-bond acceptors (Lipinski definition) is 1. The summed E-state index contributed by atoms with van der Waals surface area (Å²) in [7, 11) is 0. The van der Waals surface area contributed by atoms with Crippen LogP contribution in [0.15, 0.2) is 48.6 Å². The molecule has 0 aromatic carbocycles. The van der Waals surface area contributed by atoms with Gasteiger partial charge in [0.1, 0.15) is 0 Å². The van der Waals surface area contributed by atoms with Crippen molar-refractivity contribution in [3.8, 4) is 0 Å². The molecule has 0 amide bonds. The lowest BCUT2D eigenvalue weighted by molar-refractivity contribution is 0.696. The molecular weight excluding hydrogens is 146 g/mol. The van der Waals surface area contributed by atoms with Crippen molar-refractivity contribution in [2.45, 2.75) is 6.42 Å². The summed E-state index contributed by atoms with van der Waals surface area (Å²) >= 11 is 0. The molecule has 1 heteroatoms. The molecule has 0 aromatic heterocycles. The van der Waals surface area contributed by atoms with Crippen LogP contribution in [0.2, 0.25) is 0 Å². The van der Waals surface area contributed by atoms with Gasteiger partial charge in [0, 0.05) is 6.54 Å². The molecule has 1 N–H and O–H groups in total. The Morgan fingerprint density at radius 2 is 2.08 bits per heavy atom. The molecule has 64 valence electrons. The molecule has 0 bridgehead atoms. The van der Waals surface area contributed by atoms with Gasteiger partial charge in [-0.2, -0.15) is 0 Å². The van der Waals surface area contributed by atoms with Crippen molar-refractivity contribution in [3.63, 3.8) is 0 Å². The highest BCUT2D eigenvalue weighted by atomic mass is 14.9. The molecule has 0 spiro atoms. The molecule has 0 radical (unpaired) electrons. The average Bonchev–Trinajstić information content (AvgIpc) is 2.15. The summed E-state index contributed by atoms with van der Waals surface area (Å²) in [6, 6.07) is 0. The maximum absolute atomic E-state index is 3.79. The lowest BCUT2D eigenvalue weighted by Gasteiger charge is -2.16. The second kappa shape index (κ2) is 4.73. The van der Waals surface area contributed by atoms with Crippen LogP contribution in [0.25, 0.3) is 0 Å². The van der Waals surface area contributed by atoms with Gasteiger partial charge >= 0.3 is 0 Å². The van der Waals surface area contributed by atoms with Crippen LogP contribution in [0.1, 0.15) is 6.42 Å². The lowest BCUT2D eigenvalue weighted by Crippen LogP contribution is -2.23. The molecule has 1 aliphatic rings. The largest absolute Gasteiger partial charge is 0.312 e. The minimum absolute atomic E-state index is 0.945. The van der Waals surface area contributed by atoms with Gasteiger partial charge in [-0.1, -0.05) is 37.5 Å². The van der Waals surface area contributed by atoms with Gasteiger partial charge in [-0.25, -0.2) is 0 Å². The monoisotopic (exact) mass is 161 g/mol. The van der Waals surface area contributed by atoms with E-state index >= 15 is 0 Å². The maximum Gasteiger partial charge on any atom is 0.0208 e. The molecule has 0 saturated heterocycles. The molecule has 0 aromatic rings. The zero-order valence-electron chi connectivity index (χ0n) is 7.34. The van der Waals surface area contributed by atoms with Crippen LogP contribution < -0.4 is 5.32 Å². The van der Waals surface area contributed by atoms with Gasteiger partial charge in [-0.05, 0) is 24.1 Å². The molecule has 0 aliphatic carbocycles. The third-order valence-corrected chi connectivity index (χ3v) is 1.98. The fourth-order valence-electron chi connectivity index (χ4n) is 1.30. The second-order valence-corrected chi connectivity index (χ2v) is 2.78. The Labute approximate surface area is 74.2 Å². The maximum atomic E-state index is 3.79. The van der Waals surface area contributed by atoms with Gasteiger partial charge in [0.05, 0.1) is 0 Å². The summed E-state index contributed by atoms with van der Waals surface area (Å²) in [6.07, 6.45) is 8.91. The van der Waals surface area contributed by atoms with E-state index in [1.807, 2.05) is 12.2 Å². The third-order valence-electron chi connectivity index (χ3n) is 1.98. The first kappa shape index (κ1) is 9.01. The number of hydrogen-bond donors (Lipinski definition) is 1. The highest BCUT2D eigenvalue weighted by Crippen LogP contribution is 2.14. The highest BCUT2D eigenvalue weighted by Gasteiger charge is 2.05. The molecule has 1 rings (SSSR count). The Kier molecular flexibility index (Phi) is 3.55. The minimum Gasteiger partial charge on any atom is -0.312 e. The quantitative estimate of drug-likeness (QED) is 0.626. The van der Waals surface area contributed by atoms with Gasteiger partial charge in [0.15, 0.2) is 0 Å². The predicted octanol–water partition coefficient (Wildman–Crippen LogP) is 2.20. The second-order valence-electron chi connectivity index (χ2n) is 2.78. The van der Waals surface area contributed by atoms with Crippen molar-refractivity contribution in [2.24, 2.45) is 0 Å². The molecule has 1 nitrogen and oxygen atoms in total. The van der Waals surface area contributed by atoms with E-state index in [4.69, 9.17) is 0 Å². The smallest absolute Gasteiger partial charge is 0.0208 e. The summed E-state index contributed by atoms with van der Waals surface area (Å²) in [5.41, 5.74) is 2.68. The van der Waals surface area contributed by atoms with Crippen LogP contribution in [0.5, 0.6) is 0 Å². The van der Waals surface area contributed by atoms with Crippen molar-refractivity contribution >= 4 is 0 Å². The first-order chi connectivity index (χ1) is 5.88. The molecule has 1 heterocycles. The summed E-state index contributed by atoms with van der Waals surface area (Å²) in [4.78, 5) is 0. The molecular formula is C11H15N. The Bertz CT molecular complexity index is 233. The molecule has 12 heavy (non-hydrogen) atoms. The van der Waals surface area contributed by atoms with Crippen molar-refractivity contribution in [3.05, 3.63) is 48.6 Å². The van der Waals surface area contributed by atoms with Crippen LogP contribution in [0.4, 0.5) is 0 Å². The number of allylic oxidation sites excluding steroid dienone is 3. The summed E-state index contributed by atoms with van der Waals surface area (Å²) in [5.74, 6) is 0. The fourth-order valence-corrected chi connectivity index (χ4v) is 1.30. The number of nitrogens with one attached hydrogen (secondary N) is 1. The zero-order valence-corrected chi connectivity index (χ0v) is 7.34. The Morgan fingerprint density at radius 1 is 1.25 bits per heavy atom.